The predicted octanol–water partition coefficient (Wildman–Crippen LogP) is 5.30. The highest BCUT2D eigenvalue weighted by Gasteiger charge is 2.34. The zero-order valence-corrected chi connectivity index (χ0v) is 19.5. The molecule has 2 N–H and O–H groups in total. The van der Waals surface area contributed by atoms with E-state index in [-0.39, 0.29) is 0 Å². The zero-order valence-electron chi connectivity index (χ0n) is 19.5. The van der Waals surface area contributed by atoms with Crippen LogP contribution in [0.5, 0.6) is 5.75 Å². The summed E-state index contributed by atoms with van der Waals surface area (Å²) in [6, 6.07) is 8.94. The van der Waals surface area contributed by atoms with Crippen LogP contribution in [-0.4, -0.2) is 45.7 Å². The second-order valence-corrected chi connectivity index (χ2v) is 10.4. The lowest BCUT2D eigenvalue weighted by molar-refractivity contribution is 0.0921. The third-order valence-electron chi connectivity index (χ3n) is 8.06. The highest BCUT2D eigenvalue weighted by atomic mass is 16.5. The molecule has 1 aliphatic heterocycles. The summed E-state index contributed by atoms with van der Waals surface area (Å²) in [5.41, 5.74) is 9.57. The Kier molecular flexibility index (Phi) is 5.70. The van der Waals surface area contributed by atoms with Gasteiger partial charge in [-0.2, -0.15) is 0 Å². The fourth-order valence-corrected chi connectivity index (χ4v) is 5.93. The Morgan fingerprint density at radius 3 is 2.64 bits per heavy atom. The van der Waals surface area contributed by atoms with Gasteiger partial charge in [0.05, 0.1) is 12.0 Å². The molecule has 6 heteroatoms. The van der Waals surface area contributed by atoms with Crippen LogP contribution in [0.4, 0.5) is 5.82 Å². The molecule has 1 aromatic carbocycles. The van der Waals surface area contributed by atoms with Crippen molar-refractivity contribution in [1.29, 1.82) is 0 Å². The van der Waals surface area contributed by atoms with Crippen molar-refractivity contribution >= 4 is 16.9 Å². The number of fused-ring (bicyclic) bond motifs is 1. The molecule has 2 aliphatic carbocycles. The topological polar surface area (TPSA) is 69.2 Å². The number of nitrogens with zero attached hydrogens (tertiary/aromatic N) is 4. The largest absolute Gasteiger partial charge is 0.493 e. The zero-order chi connectivity index (χ0) is 22.2. The summed E-state index contributed by atoms with van der Waals surface area (Å²) >= 11 is 0. The molecule has 0 unspecified atom stereocenters. The van der Waals surface area contributed by atoms with Crippen LogP contribution < -0.4 is 10.5 Å². The van der Waals surface area contributed by atoms with Crippen LogP contribution in [0.2, 0.25) is 0 Å². The van der Waals surface area contributed by atoms with E-state index in [1.54, 1.807) is 6.33 Å². The number of aromatic nitrogens is 3. The van der Waals surface area contributed by atoms with Gasteiger partial charge < -0.3 is 19.9 Å². The second kappa shape index (κ2) is 8.98. The van der Waals surface area contributed by atoms with Gasteiger partial charge in [0.15, 0.2) is 0 Å². The Balaban J connectivity index is 1.24. The molecule has 2 saturated carbocycles. The summed E-state index contributed by atoms with van der Waals surface area (Å²) in [7, 11) is 0. The van der Waals surface area contributed by atoms with E-state index >= 15 is 0 Å². The summed E-state index contributed by atoms with van der Waals surface area (Å²) in [6.07, 6.45) is 14.3. The van der Waals surface area contributed by atoms with Gasteiger partial charge in [-0.15, -0.1) is 0 Å². The van der Waals surface area contributed by atoms with Gasteiger partial charge in [0.1, 0.15) is 23.5 Å². The highest BCUT2D eigenvalue weighted by molar-refractivity contribution is 6.00. The van der Waals surface area contributed by atoms with E-state index < -0.39 is 0 Å². The summed E-state index contributed by atoms with van der Waals surface area (Å²) in [5.74, 6) is 2.98. The minimum absolute atomic E-state index is 0.493. The van der Waals surface area contributed by atoms with Crippen LogP contribution in [0.15, 0.2) is 36.8 Å². The first-order valence-corrected chi connectivity index (χ1v) is 12.8. The molecule has 6 rings (SSSR count). The second-order valence-electron chi connectivity index (χ2n) is 10.4. The molecule has 2 aromatic heterocycles. The first-order valence-electron chi connectivity index (χ1n) is 12.8. The minimum Gasteiger partial charge on any atom is -0.493 e. The number of likely N-dealkylation sites (tertiary alicyclic amines) is 1. The molecule has 3 aliphatic rings. The summed E-state index contributed by atoms with van der Waals surface area (Å²) in [4.78, 5) is 11.6. The minimum atomic E-state index is 0.493. The van der Waals surface area contributed by atoms with Crippen LogP contribution >= 0.6 is 0 Å². The van der Waals surface area contributed by atoms with Crippen molar-refractivity contribution in [3.05, 3.63) is 36.8 Å². The molecule has 0 amide bonds. The number of hydrogen-bond donors (Lipinski definition) is 1. The Morgan fingerprint density at radius 1 is 1.00 bits per heavy atom. The van der Waals surface area contributed by atoms with E-state index in [1.165, 1.54) is 71.0 Å². The fourth-order valence-electron chi connectivity index (χ4n) is 5.93. The van der Waals surface area contributed by atoms with Crippen molar-refractivity contribution in [1.82, 2.24) is 19.4 Å². The van der Waals surface area contributed by atoms with Gasteiger partial charge in [0.25, 0.3) is 0 Å². The Labute approximate surface area is 196 Å². The lowest BCUT2D eigenvalue weighted by atomic mass is 9.79. The lowest BCUT2D eigenvalue weighted by Gasteiger charge is -2.42. The third kappa shape index (κ3) is 4.21. The summed E-state index contributed by atoms with van der Waals surface area (Å²) < 4.78 is 8.58. The average Bonchev–Trinajstić information content (AvgIpc) is 3.17. The van der Waals surface area contributed by atoms with Crippen LogP contribution in [-0.2, 0) is 0 Å². The molecule has 0 spiro atoms. The first kappa shape index (κ1) is 21.0. The van der Waals surface area contributed by atoms with Crippen molar-refractivity contribution in [2.45, 2.75) is 57.4 Å². The molecule has 3 fully saturated rings. The average molecular weight is 446 g/mol. The van der Waals surface area contributed by atoms with Crippen LogP contribution in [0, 0.1) is 11.8 Å². The first-order chi connectivity index (χ1) is 16.2. The van der Waals surface area contributed by atoms with E-state index in [4.69, 9.17) is 10.5 Å². The molecule has 1 saturated heterocycles. The molecule has 3 aromatic rings. The van der Waals surface area contributed by atoms with E-state index in [1.807, 2.05) is 0 Å². The van der Waals surface area contributed by atoms with Gasteiger partial charge in [0.2, 0.25) is 0 Å². The molecular weight excluding hydrogens is 410 g/mol. The van der Waals surface area contributed by atoms with E-state index in [2.05, 4.69) is 49.9 Å². The summed E-state index contributed by atoms with van der Waals surface area (Å²) in [5, 5.41) is 0.966. The van der Waals surface area contributed by atoms with Gasteiger partial charge in [0, 0.05) is 24.3 Å². The van der Waals surface area contributed by atoms with E-state index in [0.29, 0.717) is 17.8 Å². The number of hydrogen-bond acceptors (Lipinski definition) is 5. The van der Waals surface area contributed by atoms with Crippen molar-refractivity contribution in [2.24, 2.45) is 11.8 Å². The van der Waals surface area contributed by atoms with Crippen LogP contribution in [0.3, 0.4) is 0 Å². The van der Waals surface area contributed by atoms with Crippen molar-refractivity contribution in [3.63, 3.8) is 0 Å². The van der Waals surface area contributed by atoms with Gasteiger partial charge in [-0.25, -0.2) is 9.97 Å². The smallest absolute Gasteiger partial charge is 0.146 e. The number of benzene rings is 1. The van der Waals surface area contributed by atoms with Gasteiger partial charge in [-0.05, 0) is 74.7 Å². The van der Waals surface area contributed by atoms with Crippen molar-refractivity contribution in [3.8, 4) is 16.9 Å². The maximum atomic E-state index is 6.38. The normalized spacial score (nSPS) is 23.9. The standard InChI is InChI=1S/C27H35N5O/c28-26-25-24(21-8-4-9-23(14-21)33-17-19-6-2-1-3-7-19)16-32(27(25)30-18-29-26)22-12-20(13-22)15-31-10-5-11-31/h4,8-9,14,16,18-20,22H,1-3,5-7,10-13,15,17H2,(H2,28,29,30). The molecule has 33 heavy (non-hydrogen) atoms. The van der Waals surface area contributed by atoms with E-state index in [9.17, 15) is 0 Å². The molecular formula is C27H35N5O. The fraction of sp³-hybridized carbons (Fsp3) is 0.556. The molecule has 0 atom stereocenters. The monoisotopic (exact) mass is 445 g/mol. The van der Waals surface area contributed by atoms with Crippen LogP contribution in [0.25, 0.3) is 22.2 Å². The predicted molar refractivity (Wildman–Crippen MR) is 132 cm³/mol. The quantitative estimate of drug-likeness (QED) is 0.535. The maximum absolute atomic E-state index is 6.38. The number of ether oxygens (including phenoxy) is 1. The van der Waals surface area contributed by atoms with Crippen molar-refractivity contribution < 1.29 is 4.74 Å². The maximum Gasteiger partial charge on any atom is 0.146 e. The van der Waals surface area contributed by atoms with Gasteiger partial charge >= 0.3 is 0 Å². The highest BCUT2D eigenvalue weighted by Crippen LogP contribution is 2.43. The Hall–Kier alpha value is -2.60. The van der Waals surface area contributed by atoms with Crippen LogP contribution in [0.1, 0.15) is 57.4 Å². The number of nitrogen functional groups attached to an aromatic ring is 1. The van der Waals surface area contributed by atoms with E-state index in [0.717, 1.165) is 40.4 Å². The van der Waals surface area contributed by atoms with Gasteiger partial charge in [-0.3, -0.25) is 0 Å². The molecule has 0 radical (unpaired) electrons. The SMILES string of the molecule is Nc1ncnc2c1c(-c1cccc(OCC3CCCCC3)c1)cn2C1CC(CN2CCC2)C1. The number of rotatable bonds is 7. The number of nitrogens with two attached hydrogens (primary N) is 1. The molecule has 0 bridgehead atoms. The Bertz CT molecular complexity index is 1110. The third-order valence-corrected chi connectivity index (χ3v) is 8.06. The molecule has 6 nitrogen and oxygen atoms in total. The van der Waals surface area contributed by atoms with Crippen molar-refractivity contribution in [2.75, 3.05) is 32.0 Å². The Morgan fingerprint density at radius 2 is 1.85 bits per heavy atom. The number of anilines is 1. The molecule has 3 heterocycles. The lowest BCUT2D eigenvalue weighted by Crippen LogP contribution is -2.43. The van der Waals surface area contributed by atoms with Gasteiger partial charge in [-0.1, -0.05) is 31.4 Å². The molecule has 174 valence electrons. The summed E-state index contributed by atoms with van der Waals surface area (Å²) in [6.45, 7) is 4.62.